The average Bonchev–Trinajstić information content (AvgIpc) is 2.97. The molecule has 0 aliphatic rings. The number of hydrogen-bond acceptors (Lipinski definition) is 5. The summed E-state index contributed by atoms with van der Waals surface area (Å²) < 4.78 is 14.5. The van der Waals surface area contributed by atoms with Crippen LogP contribution in [0.1, 0.15) is 11.1 Å². The predicted molar refractivity (Wildman–Crippen MR) is 95.3 cm³/mol. The number of anilines is 2. The Morgan fingerprint density at radius 1 is 1.17 bits per heavy atom. The lowest BCUT2D eigenvalue weighted by Crippen LogP contribution is -1.91. The number of para-hydroxylation sites is 1. The number of nitrogens with zero attached hydrogens (tertiary/aromatic N) is 2. The van der Waals surface area contributed by atoms with Crippen LogP contribution in [0, 0.1) is 12.7 Å². The summed E-state index contributed by atoms with van der Waals surface area (Å²) in [5.41, 5.74) is 2.62. The molecule has 0 aliphatic carbocycles. The van der Waals surface area contributed by atoms with Gasteiger partial charge in [-0.05, 0) is 30.7 Å². The first-order valence-electron chi connectivity index (χ1n) is 6.85. The van der Waals surface area contributed by atoms with Crippen molar-refractivity contribution in [1.29, 1.82) is 0 Å². The normalized spacial score (nSPS) is 10.7. The molecule has 0 unspecified atom stereocenters. The summed E-state index contributed by atoms with van der Waals surface area (Å²) in [7, 11) is 0. The van der Waals surface area contributed by atoms with Crippen LogP contribution >= 0.6 is 34.7 Å². The molecule has 1 heterocycles. The molecule has 1 aromatic heterocycles. The van der Waals surface area contributed by atoms with Crippen LogP contribution in [-0.4, -0.2) is 10.2 Å². The van der Waals surface area contributed by atoms with E-state index >= 15 is 0 Å². The summed E-state index contributed by atoms with van der Waals surface area (Å²) in [5, 5.41) is 12.6. The fourth-order valence-corrected chi connectivity index (χ4v) is 4.06. The van der Waals surface area contributed by atoms with Gasteiger partial charge >= 0.3 is 0 Å². The van der Waals surface area contributed by atoms with Crippen LogP contribution in [0.15, 0.2) is 46.8 Å². The molecule has 3 rings (SSSR count). The van der Waals surface area contributed by atoms with Gasteiger partial charge in [0, 0.05) is 22.0 Å². The van der Waals surface area contributed by atoms with Crippen LogP contribution in [0.4, 0.5) is 15.2 Å². The minimum Gasteiger partial charge on any atom is -0.330 e. The van der Waals surface area contributed by atoms with E-state index in [0.29, 0.717) is 21.5 Å². The van der Waals surface area contributed by atoms with Gasteiger partial charge in [0.25, 0.3) is 0 Å². The highest BCUT2D eigenvalue weighted by molar-refractivity contribution is 8.00. The molecule has 0 amide bonds. The number of aromatic nitrogens is 2. The second-order valence-electron chi connectivity index (χ2n) is 4.80. The Bertz CT molecular complexity index is 802. The van der Waals surface area contributed by atoms with Gasteiger partial charge < -0.3 is 5.32 Å². The van der Waals surface area contributed by atoms with Crippen LogP contribution in [0.25, 0.3) is 0 Å². The molecule has 0 aliphatic heterocycles. The average molecular weight is 366 g/mol. The molecular formula is C16H13ClFN3S2. The van der Waals surface area contributed by atoms with Crippen LogP contribution in [-0.2, 0) is 5.75 Å². The van der Waals surface area contributed by atoms with E-state index in [0.717, 1.165) is 15.6 Å². The minimum absolute atomic E-state index is 0.298. The number of nitrogens with one attached hydrogen (secondary N) is 1. The minimum atomic E-state index is -0.298. The highest BCUT2D eigenvalue weighted by atomic mass is 35.5. The van der Waals surface area contributed by atoms with Gasteiger partial charge in [-0.2, -0.15) is 0 Å². The molecule has 23 heavy (non-hydrogen) atoms. The lowest BCUT2D eigenvalue weighted by Gasteiger charge is -2.04. The summed E-state index contributed by atoms with van der Waals surface area (Å²) in [6.45, 7) is 2.03. The van der Waals surface area contributed by atoms with Crippen molar-refractivity contribution < 1.29 is 4.39 Å². The third kappa shape index (κ3) is 4.02. The van der Waals surface area contributed by atoms with E-state index < -0.39 is 0 Å². The van der Waals surface area contributed by atoms with Crippen molar-refractivity contribution in [2.75, 3.05) is 5.32 Å². The molecule has 7 heteroatoms. The van der Waals surface area contributed by atoms with Crippen molar-refractivity contribution in [2.45, 2.75) is 17.0 Å². The fraction of sp³-hybridized carbons (Fsp3) is 0.125. The zero-order valence-corrected chi connectivity index (χ0v) is 14.6. The third-order valence-corrected chi connectivity index (χ3v) is 5.55. The van der Waals surface area contributed by atoms with E-state index in [9.17, 15) is 4.39 Å². The van der Waals surface area contributed by atoms with Crippen molar-refractivity contribution in [3.63, 3.8) is 0 Å². The number of thioether (sulfide) groups is 1. The molecule has 3 nitrogen and oxygen atoms in total. The quantitative estimate of drug-likeness (QED) is 0.591. The second kappa shape index (κ2) is 7.29. The van der Waals surface area contributed by atoms with Crippen molar-refractivity contribution in [3.05, 3.63) is 64.4 Å². The van der Waals surface area contributed by atoms with Gasteiger partial charge in [0.2, 0.25) is 5.13 Å². The summed E-state index contributed by atoms with van der Waals surface area (Å²) >= 11 is 8.88. The van der Waals surface area contributed by atoms with Gasteiger partial charge in [-0.1, -0.05) is 59.0 Å². The Labute approximate surface area is 146 Å². The summed E-state index contributed by atoms with van der Waals surface area (Å²) in [5.74, 6) is 0.123. The zero-order valence-electron chi connectivity index (χ0n) is 12.2. The van der Waals surface area contributed by atoms with Crippen LogP contribution in [0.3, 0.4) is 0 Å². The van der Waals surface area contributed by atoms with E-state index in [-0.39, 0.29) is 5.82 Å². The lowest BCUT2D eigenvalue weighted by atomic mass is 10.2. The lowest BCUT2D eigenvalue weighted by molar-refractivity contribution is 0.617. The van der Waals surface area contributed by atoms with E-state index in [1.807, 2.05) is 31.2 Å². The highest BCUT2D eigenvalue weighted by Gasteiger charge is 2.10. The number of rotatable bonds is 5. The Morgan fingerprint density at radius 3 is 2.78 bits per heavy atom. The number of halogens is 2. The van der Waals surface area contributed by atoms with Gasteiger partial charge in [-0.25, -0.2) is 4.39 Å². The first kappa shape index (κ1) is 16.2. The van der Waals surface area contributed by atoms with Crippen molar-refractivity contribution in [3.8, 4) is 0 Å². The van der Waals surface area contributed by atoms with Gasteiger partial charge in [-0.3, -0.25) is 0 Å². The Hall–Kier alpha value is -1.63. The summed E-state index contributed by atoms with van der Waals surface area (Å²) in [4.78, 5) is 0. The summed E-state index contributed by atoms with van der Waals surface area (Å²) in [6.07, 6.45) is 0. The number of aryl methyl sites for hydroxylation is 1. The molecule has 3 aromatic rings. The maximum atomic E-state index is 13.7. The Balaban J connectivity index is 1.67. The molecule has 0 fully saturated rings. The van der Waals surface area contributed by atoms with Crippen molar-refractivity contribution in [2.24, 2.45) is 0 Å². The van der Waals surface area contributed by atoms with E-state index in [1.54, 1.807) is 12.1 Å². The maximum absolute atomic E-state index is 13.7. The predicted octanol–water partition coefficient (Wildman–Crippen LogP) is 5.67. The third-order valence-electron chi connectivity index (χ3n) is 3.19. The molecule has 0 saturated heterocycles. The Kier molecular flexibility index (Phi) is 5.15. The van der Waals surface area contributed by atoms with Crippen LogP contribution in [0.2, 0.25) is 5.02 Å². The molecule has 0 radical (unpaired) electrons. The molecule has 0 bridgehead atoms. The van der Waals surface area contributed by atoms with Crippen molar-refractivity contribution >= 4 is 45.5 Å². The smallest absolute Gasteiger partial charge is 0.210 e. The van der Waals surface area contributed by atoms with E-state index in [4.69, 9.17) is 11.6 Å². The Morgan fingerprint density at radius 2 is 2.00 bits per heavy atom. The molecule has 0 saturated carbocycles. The van der Waals surface area contributed by atoms with E-state index in [1.165, 1.54) is 29.2 Å². The molecule has 2 aromatic carbocycles. The van der Waals surface area contributed by atoms with E-state index in [2.05, 4.69) is 15.5 Å². The van der Waals surface area contributed by atoms with Gasteiger partial charge in [-0.15, -0.1) is 10.2 Å². The number of benzene rings is 2. The van der Waals surface area contributed by atoms with Gasteiger partial charge in [0.15, 0.2) is 4.34 Å². The second-order valence-corrected chi connectivity index (χ2v) is 7.41. The molecule has 0 spiro atoms. The zero-order chi connectivity index (χ0) is 16.2. The monoisotopic (exact) mass is 365 g/mol. The largest absolute Gasteiger partial charge is 0.330 e. The topological polar surface area (TPSA) is 37.8 Å². The molecule has 118 valence electrons. The van der Waals surface area contributed by atoms with Crippen molar-refractivity contribution in [1.82, 2.24) is 10.2 Å². The SMILES string of the molecule is Cc1ccccc1Nc1nnc(SCc2c(F)cccc2Cl)s1. The summed E-state index contributed by atoms with van der Waals surface area (Å²) in [6, 6.07) is 12.7. The molecule has 1 N–H and O–H groups in total. The van der Waals surface area contributed by atoms with Gasteiger partial charge in [0.05, 0.1) is 0 Å². The maximum Gasteiger partial charge on any atom is 0.210 e. The van der Waals surface area contributed by atoms with Crippen LogP contribution in [0.5, 0.6) is 0 Å². The van der Waals surface area contributed by atoms with Gasteiger partial charge in [0.1, 0.15) is 5.82 Å². The fourth-order valence-electron chi connectivity index (χ4n) is 1.95. The first-order chi connectivity index (χ1) is 11.1. The highest BCUT2D eigenvalue weighted by Crippen LogP contribution is 2.32. The molecular weight excluding hydrogens is 353 g/mol. The standard InChI is InChI=1S/C16H13ClFN3S2/c1-10-5-2-3-8-14(10)19-15-20-21-16(23-15)22-9-11-12(17)6-4-7-13(11)18/h2-8H,9H2,1H3,(H,19,20). The van der Waals surface area contributed by atoms with Crippen LogP contribution < -0.4 is 5.32 Å². The number of hydrogen-bond donors (Lipinski definition) is 1. The molecule has 0 atom stereocenters. The first-order valence-corrected chi connectivity index (χ1v) is 9.03.